The van der Waals surface area contributed by atoms with Gasteiger partial charge in [-0.2, -0.15) is 0 Å². The Balaban J connectivity index is 1.86. The van der Waals surface area contributed by atoms with Crippen molar-refractivity contribution in [2.75, 3.05) is 0 Å². The molecule has 98 valence electrons. The molecule has 1 aliphatic carbocycles. The highest BCUT2D eigenvalue weighted by atomic mass is 35.5. The van der Waals surface area contributed by atoms with E-state index in [-0.39, 0.29) is 11.2 Å². The molecular formula is C15H13ClO2S. The number of rotatable bonds is 3. The Bertz CT molecular complexity index is 678. The highest BCUT2D eigenvalue weighted by molar-refractivity contribution is 7.92. The predicted octanol–water partition coefficient (Wildman–Crippen LogP) is 3.67. The third-order valence-corrected chi connectivity index (χ3v) is 6.00. The summed E-state index contributed by atoms with van der Waals surface area (Å²) in [6.07, 6.45) is 0.703. The summed E-state index contributed by atoms with van der Waals surface area (Å²) in [6.45, 7) is 0. The van der Waals surface area contributed by atoms with E-state index in [0.717, 1.165) is 5.56 Å². The molecule has 0 bridgehead atoms. The normalized spacial score (nSPS) is 22.2. The average molecular weight is 293 g/mol. The van der Waals surface area contributed by atoms with Gasteiger partial charge in [-0.1, -0.05) is 41.9 Å². The first-order valence-electron chi connectivity index (χ1n) is 6.13. The lowest BCUT2D eigenvalue weighted by atomic mass is 10.1. The second kappa shape index (κ2) is 4.66. The van der Waals surface area contributed by atoms with Crippen molar-refractivity contribution in [1.29, 1.82) is 0 Å². The van der Waals surface area contributed by atoms with Gasteiger partial charge in [0.25, 0.3) is 0 Å². The van der Waals surface area contributed by atoms with E-state index in [1.807, 2.05) is 30.3 Å². The van der Waals surface area contributed by atoms with Gasteiger partial charge in [-0.15, -0.1) is 0 Å². The lowest BCUT2D eigenvalue weighted by Gasteiger charge is -2.04. The summed E-state index contributed by atoms with van der Waals surface area (Å²) in [6, 6.07) is 16.2. The monoisotopic (exact) mass is 292 g/mol. The van der Waals surface area contributed by atoms with Crippen molar-refractivity contribution in [3.05, 3.63) is 65.2 Å². The third kappa shape index (κ3) is 2.40. The number of benzene rings is 2. The van der Waals surface area contributed by atoms with Gasteiger partial charge < -0.3 is 0 Å². The van der Waals surface area contributed by atoms with Crippen LogP contribution in [0.2, 0.25) is 5.02 Å². The number of hydrogen-bond acceptors (Lipinski definition) is 2. The third-order valence-electron chi connectivity index (χ3n) is 3.50. The fourth-order valence-electron chi connectivity index (χ4n) is 2.36. The van der Waals surface area contributed by atoms with Gasteiger partial charge >= 0.3 is 0 Å². The molecule has 0 spiro atoms. The van der Waals surface area contributed by atoms with E-state index >= 15 is 0 Å². The second-order valence-electron chi connectivity index (χ2n) is 4.79. The zero-order valence-electron chi connectivity index (χ0n) is 10.2. The summed E-state index contributed by atoms with van der Waals surface area (Å²) in [5, 5.41) is 0.255. The molecule has 0 saturated heterocycles. The molecule has 2 nitrogen and oxygen atoms in total. The molecule has 0 amide bonds. The van der Waals surface area contributed by atoms with Crippen LogP contribution >= 0.6 is 11.6 Å². The molecule has 0 heterocycles. The van der Waals surface area contributed by atoms with Crippen LogP contribution in [0.15, 0.2) is 59.5 Å². The van der Waals surface area contributed by atoms with Crippen molar-refractivity contribution in [1.82, 2.24) is 0 Å². The zero-order chi connectivity index (χ0) is 13.5. The maximum Gasteiger partial charge on any atom is 0.181 e. The summed E-state index contributed by atoms with van der Waals surface area (Å²) < 4.78 is 24.9. The van der Waals surface area contributed by atoms with Crippen molar-refractivity contribution in [3.63, 3.8) is 0 Å². The van der Waals surface area contributed by atoms with Crippen LogP contribution in [0, 0.1) is 0 Å². The van der Waals surface area contributed by atoms with Gasteiger partial charge in [-0.05, 0) is 36.2 Å². The van der Waals surface area contributed by atoms with Crippen LogP contribution in [0.25, 0.3) is 0 Å². The highest BCUT2D eigenvalue weighted by Crippen LogP contribution is 2.47. The topological polar surface area (TPSA) is 34.1 Å². The fraction of sp³-hybridized carbons (Fsp3) is 0.200. The standard InChI is InChI=1S/C15H13ClO2S/c16-12-6-8-13(9-7-12)19(17,18)15-10-14(15)11-4-2-1-3-5-11/h1-9,14-15H,10H2/t14-,15-/m1/s1. The summed E-state index contributed by atoms with van der Waals surface area (Å²) in [5.74, 6) is 0.127. The Kier molecular flexibility index (Phi) is 3.11. The van der Waals surface area contributed by atoms with Gasteiger partial charge in [0.15, 0.2) is 9.84 Å². The Morgan fingerprint density at radius 1 is 0.947 bits per heavy atom. The number of hydrogen-bond donors (Lipinski definition) is 0. The van der Waals surface area contributed by atoms with Gasteiger partial charge in [0, 0.05) is 10.9 Å². The molecular weight excluding hydrogens is 280 g/mol. The van der Waals surface area contributed by atoms with Crippen LogP contribution in [0.1, 0.15) is 17.9 Å². The minimum Gasteiger partial charge on any atom is -0.223 e. The molecule has 0 radical (unpaired) electrons. The number of halogens is 1. The van der Waals surface area contributed by atoms with Crippen LogP contribution in [-0.2, 0) is 9.84 Å². The van der Waals surface area contributed by atoms with E-state index in [1.54, 1.807) is 24.3 Å². The molecule has 2 aromatic rings. The van der Waals surface area contributed by atoms with Crippen molar-refractivity contribution >= 4 is 21.4 Å². The summed E-state index contributed by atoms with van der Waals surface area (Å²) in [4.78, 5) is 0.361. The first-order chi connectivity index (χ1) is 9.09. The molecule has 0 unspecified atom stereocenters. The predicted molar refractivity (Wildman–Crippen MR) is 76.2 cm³/mol. The van der Waals surface area contributed by atoms with Crippen molar-refractivity contribution < 1.29 is 8.42 Å². The molecule has 0 aromatic heterocycles. The van der Waals surface area contributed by atoms with Gasteiger partial charge in [0.05, 0.1) is 10.1 Å². The molecule has 2 aromatic carbocycles. The lowest BCUT2D eigenvalue weighted by molar-refractivity contribution is 0.594. The Morgan fingerprint density at radius 3 is 2.21 bits per heavy atom. The quantitative estimate of drug-likeness (QED) is 0.865. The smallest absolute Gasteiger partial charge is 0.181 e. The van der Waals surface area contributed by atoms with E-state index < -0.39 is 9.84 Å². The van der Waals surface area contributed by atoms with E-state index in [9.17, 15) is 8.42 Å². The first-order valence-corrected chi connectivity index (χ1v) is 8.06. The van der Waals surface area contributed by atoms with Crippen LogP contribution in [0.5, 0.6) is 0 Å². The maximum absolute atomic E-state index is 12.4. The minimum atomic E-state index is -3.24. The van der Waals surface area contributed by atoms with Crippen molar-refractivity contribution in [2.24, 2.45) is 0 Å². The van der Waals surface area contributed by atoms with Crippen LogP contribution in [0.4, 0.5) is 0 Å². The molecule has 1 saturated carbocycles. The molecule has 3 rings (SSSR count). The van der Waals surface area contributed by atoms with E-state index in [4.69, 9.17) is 11.6 Å². The molecule has 0 aliphatic heterocycles. The zero-order valence-corrected chi connectivity index (χ0v) is 11.7. The Labute approximate surface area is 118 Å². The molecule has 4 heteroatoms. The van der Waals surface area contributed by atoms with E-state index in [2.05, 4.69) is 0 Å². The highest BCUT2D eigenvalue weighted by Gasteiger charge is 2.48. The Morgan fingerprint density at radius 2 is 1.58 bits per heavy atom. The minimum absolute atomic E-state index is 0.127. The lowest BCUT2D eigenvalue weighted by Crippen LogP contribution is -2.09. The molecule has 0 N–H and O–H groups in total. The fourth-order valence-corrected chi connectivity index (χ4v) is 4.41. The SMILES string of the molecule is O=S(=O)(c1ccc(Cl)cc1)[C@@H]1C[C@@H]1c1ccccc1. The largest absolute Gasteiger partial charge is 0.223 e. The summed E-state index contributed by atoms with van der Waals surface area (Å²) in [7, 11) is -3.24. The van der Waals surface area contributed by atoms with Crippen LogP contribution in [0.3, 0.4) is 0 Å². The molecule has 19 heavy (non-hydrogen) atoms. The van der Waals surface area contributed by atoms with Crippen LogP contribution < -0.4 is 0 Å². The van der Waals surface area contributed by atoms with Gasteiger partial charge in [-0.3, -0.25) is 0 Å². The Hall–Kier alpha value is -1.32. The molecule has 2 atom stereocenters. The van der Waals surface area contributed by atoms with Crippen molar-refractivity contribution in [2.45, 2.75) is 22.5 Å². The van der Waals surface area contributed by atoms with Gasteiger partial charge in [0.2, 0.25) is 0 Å². The van der Waals surface area contributed by atoms with E-state index in [1.165, 1.54) is 0 Å². The van der Waals surface area contributed by atoms with Gasteiger partial charge in [-0.25, -0.2) is 8.42 Å². The first kappa shape index (κ1) is 12.7. The summed E-state index contributed by atoms with van der Waals surface area (Å²) >= 11 is 5.79. The van der Waals surface area contributed by atoms with Gasteiger partial charge in [0.1, 0.15) is 0 Å². The average Bonchev–Trinajstić information content (AvgIpc) is 3.21. The number of sulfone groups is 1. The van der Waals surface area contributed by atoms with E-state index in [0.29, 0.717) is 16.3 Å². The molecule has 1 aliphatic rings. The van der Waals surface area contributed by atoms with Crippen LogP contribution in [-0.4, -0.2) is 13.7 Å². The summed E-state index contributed by atoms with van der Waals surface area (Å²) in [5.41, 5.74) is 1.10. The van der Waals surface area contributed by atoms with Crippen molar-refractivity contribution in [3.8, 4) is 0 Å². The molecule has 1 fully saturated rings. The second-order valence-corrected chi connectivity index (χ2v) is 7.39. The maximum atomic E-state index is 12.4.